The van der Waals surface area contributed by atoms with E-state index in [0.717, 1.165) is 22.1 Å². The summed E-state index contributed by atoms with van der Waals surface area (Å²) in [7, 11) is 0. The number of rotatable bonds is 2. The molecule has 0 amide bonds. The first-order valence-corrected chi connectivity index (χ1v) is 8.40. The first-order chi connectivity index (χ1) is 11.1. The molecule has 0 radical (unpaired) electrons. The number of fused-ring (bicyclic) bond motifs is 3. The molecule has 1 N–H and O–H groups in total. The lowest BCUT2D eigenvalue weighted by Gasteiger charge is -2.37. The summed E-state index contributed by atoms with van der Waals surface area (Å²) in [6.45, 7) is 0. The van der Waals surface area contributed by atoms with Gasteiger partial charge in [0.15, 0.2) is 0 Å². The van der Waals surface area contributed by atoms with Crippen molar-refractivity contribution in [2.45, 2.75) is 18.4 Å². The van der Waals surface area contributed by atoms with Crippen molar-refractivity contribution in [1.82, 2.24) is 0 Å². The number of halogens is 1. The van der Waals surface area contributed by atoms with E-state index in [-0.39, 0.29) is 22.6 Å². The minimum absolute atomic E-state index is 0.134. The van der Waals surface area contributed by atoms with E-state index in [2.05, 4.69) is 57.7 Å². The summed E-state index contributed by atoms with van der Waals surface area (Å²) in [5.74, 6) is 0.603. The van der Waals surface area contributed by atoms with Gasteiger partial charge in [-0.2, -0.15) is 0 Å². The fourth-order valence-electron chi connectivity index (χ4n) is 3.74. The van der Waals surface area contributed by atoms with E-state index >= 15 is 0 Å². The van der Waals surface area contributed by atoms with Gasteiger partial charge in [-0.1, -0.05) is 42.5 Å². The Kier molecular flexibility index (Phi) is 3.45. The van der Waals surface area contributed by atoms with E-state index < -0.39 is 0 Å². The summed E-state index contributed by atoms with van der Waals surface area (Å²) in [5.41, 5.74) is 3.37. The molecule has 1 aliphatic heterocycles. The third-order valence-electron chi connectivity index (χ3n) is 4.78. The van der Waals surface area contributed by atoms with Crippen molar-refractivity contribution >= 4 is 27.3 Å². The number of hydrogen-bond donors (Lipinski definition) is 1. The molecule has 4 nitrogen and oxygen atoms in total. The van der Waals surface area contributed by atoms with E-state index in [4.69, 9.17) is 0 Å². The minimum Gasteiger partial charge on any atom is -0.377 e. The zero-order chi connectivity index (χ0) is 16.0. The average molecular weight is 371 g/mol. The summed E-state index contributed by atoms with van der Waals surface area (Å²) < 4.78 is 0.751. The van der Waals surface area contributed by atoms with Crippen molar-refractivity contribution in [3.05, 3.63) is 80.3 Å². The summed E-state index contributed by atoms with van der Waals surface area (Å²) in [6, 6.07) is 13.9. The highest BCUT2D eigenvalue weighted by molar-refractivity contribution is 9.10. The van der Waals surface area contributed by atoms with Crippen LogP contribution in [0.1, 0.15) is 29.5 Å². The largest absolute Gasteiger partial charge is 0.377 e. The summed E-state index contributed by atoms with van der Waals surface area (Å²) in [5, 5.41) is 14.8. The Balaban J connectivity index is 1.84. The Bertz CT molecular complexity index is 804. The molecular weight excluding hydrogens is 356 g/mol. The number of nitrogens with zero attached hydrogens (tertiary/aromatic N) is 1. The maximum absolute atomic E-state index is 11.2. The van der Waals surface area contributed by atoms with Gasteiger partial charge in [0, 0.05) is 22.5 Å². The second kappa shape index (κ2) is 5.49. The molecule has 3 atom stereocenters. The van der Waals surface area contributed by atoms with Gasteiger partial charge in [-0.15, -0.1) is 0 Å². The molecule has 0 aromatic heterocycles. The second-order valence-corrected chi connectivity index (χ2v) is 6.89. The normalized spacial score (nSPS) is 24.7. The molecule has 5 heteroatoms. The Morgan fingerprint density at radius 1 is 1.22 bits per heavy atom. The van der Waals surface area contributed by atoms with Gasteiger partial charge in [-0.3, -0.25) is 10.1 Å². The van der Waals surface area contributed by atoms with E-state index in [1.54, 1.807) is 12.1 Å². The van der Waals surface area contributed by atoms with Gasteiger partial charge in [0.25, 0.3) is 5.69 Å². The highest BCUT2D eigenvalue weighted by Gasteiger charge is 2.39. The predicted octanol–water partition coefficient (Wildman–Crippen LogP) is 5.18. The van der Waals surface area contributed by atoms with E-state index in [1.165, 1.54) is 5.56 Å². The number of non-ortho nitro benzene ring substituents is 1. The van der Waals surface area contributed by atoms with Crippen molar-refractivity contribution in [1.29, 1.82) is 0 Å². The van der Waals surface area contributed by atoms with Gasteiger partial charge in [0.05, 0.1) is 16.7 Å². The molecule has 0 bridgehead atoms. The lowest BCUT2D eigenvalue weighted by molar-refractivity contribution is -0.385. The summed E-state index contributed by atoms with van der Waals surface area (Å²) >= 11 is 3.51. The highest BCUT2D eigenvalue weighted by Crippen LogP contribution is 2.52. The van der Waals surface area contributed by atoms with Crippen LogP contribution < -0.4 is 5.32 Å². The number of benzene rings is 2. The quantitative estimate of drug-likeness (QED) is 0.449. The minimum atomic E-state index is -0.331. The maximum Gasteiger partial charge on any atom is 0.271 e. The van der Waals surface area contributed by atoms with Crippen LogP contribution in [0.5, 0.6) is 0 Å². The monoisotopic (exact) mass is 370 g/mol. The van der Waals surface area contributed by atoms with Gasteiger partial charge in [0.2, 0.25) is 0 Å². The van der Waals surface area contributed by atoms with Gasteiger partial charge < -0.3 is 5.32 Å². The van der Waals surface area contributed by atoms with Crippen LogP contribution in [0.3, 0.4) is 0 Å². The maximum atomic E-state index is 11.2. The van der Waals surface area contributed by atoms with Crippen LogP contribution in [0.25, 0.3) is 0 Å². The van der Waals surface area contributed by atoms with Crippen LogP contribution >= 0.6 is 15.9 Å². The van der Waals surface area contributed by atoms with E-state index in [9.17, 15) is 10.1 Å². The van der Waals surface area contributed by atoms with E-state index in [1.807, 2.05) is 6.07 Å². The Morgan fingerprint density at radius 2 is 2.00 bits per heavy atom. The molecule has 1 heterocycles. The van der Waals surface area contributed by atoms with Crippen molar-refractivity contribution < 1.29 is 4.92 Å². The molecule has 0 unspecified atom stereocenters. The first kappa shape index (κ1) is 14.5. The molecule has 0 spiro atoms. The first-order valence-electron chi connectivity index (χ1n) is 7.61. The fraction of sp³-hybridized carbons (Fsp3) is 0.222. The molecule has 2 aromatic rings. The van der Waals surface area contributed by atoms with Crippen LogP contribution in [0.4, 0.5) is 11.4 Å². The van der Waals surface area contributed by atoms with Crippen LogP contribution in [0.2, 0.25) is 0 Å². The molecule has 0 fully saturated rings. The molecular formula is C18H15BrN2O2. The van der Waals surface area contributed by atoms with Crippen LogP contribution in [0.15, 0.2) is 59.1 Å². The van der Waals surface area contributed by atoms with Crippen molar-refractivity contribution in [3.8, 4) is 0 Å². The molecule has 2 aromatic carbocycles. The number of allylic oxidation sites excluding steroid dienone is 2. The van der Waals surface area contributed by atoms with E-state index in [0.29, 0.717) is 5.92 Å². The summed E-state index contributed by atoms with van der Waals surface area (Å²) in [6.07, 6.45) is 5.36. The number of anilines is 1. The number of nitro groups is 1. The van der Waals surface area contributed by atoms with Gasteiger partial charge in [-0.25, -0.2) is 0 Å². The Labute approximate surface area is 142 Å². The molecule has 23 heavy (non-hydrogen) atoms. The lowest BCUT2D eigenvalue weighted by atomic mass is 9.77. The van der Waals surface area contributed by atoms with Crippen molar-refractivity contribution in [2.75, 3.05) is 5.32 Å². The van der Waals surface area contributed by atoms with Gasteiger partial charge in [-0.05, 0) is 39.4 Å². The van der Waals surface area contributed by atoms with Crippen LogP contribution in [-0.4, -0.2) is 4.92 Å². The third-order valence-corrected chi connectivity index (χ3v) is 5.40. The predicted molar refractivity (Wildman–Crippen MR) is 93.6 cm³/mol. The smallest absolute Gasteiger partial charge is 0.271 e. The zero-order valence-corrected chi connectivity index (χ0v) is 13.9. The topological polar surface area (TPSA) is 55.2 Å². The van der Waals surface area contributed by atoms with Crippen LogP contribution in [0, 0.1) is 16.0 Å². The standard InChI is InChI=1S/C18H15BrN2O2/c19-16-10-12(21(22)23)9-15-13-7-4-8-14(13)17(20-18(15)16)11-5-2-1-3-6-11/h1-7,9-10,13-14,17,20H,8H2/t13-,14-,17-/m1/s1. The fourth-order valence-corrected chi connectivity index (χ4v) is 4.31. The SMILES string of the molecule is O=[N+]([O-])c1cc(Br)c2c(c1)[C@@H]1C=CC[C@H]1[C@@H](c1ccccc1)N2. The number of hydrogen-bond acceptors (Lipinski definition) is 3. The second-order valence-electron chi connectivity index (χ2n) is 6.04. The molecule has 1 aliphatic carbocycles. The molecule has 2 aliphatic rings. The van der Waals surface area contributed by atoms with Crippen LogP contribution in [-0.2, 0) is 0 Å². The van der Waals surface area contributed by atoms with Gasteiger partial charge >= 0.3 is 0 Å². The van der Waals surface area contributed by atoms with Crippen molar-refractivity contribution in [3.63, 3.8) is 0 Å². The Morgan fingerprint density at radius 3 is 2.74 bits per heavy atom. The zero-order valence-electron chi connectivity index (χ0n) is 12.3. The van der Waals surface area contributed by atoms with Crippen molar-refractivity contribution in [2.24, 2.45) is 5.92 Å². The average Bonchev–Trinajstić information content (AvgIpc) is 3.04. The Hall–Kier alpha value is -2.14. The van der Waals surface area contributed by atoms with Gasteiger partial charge in [0.1, 0.15) is 0 Å². The molecule has 0 saturated carbocycles. The molecule has 0 saturated heterocycles. The number of nitro benzene ring substituents is 1. The molecule has 4 rings (SSSR count). The molecule has 116 valence electrons. The number of nitrogens with one attached hydrogen (secondary N) is 1. The lowest BCUT2D eigenvalue weighted by Crippen LogP contribution is -2.29. The third kappa shape index (κ3) is 2.36. The summed E-state index contributed by atoms with van der Waals surface area (Å²) in [4.78, 5) is 10.8. The highest BCUT2D eigenvalue weighted by atomic mass is 79.9.